The molecule has 1 aromatic carbocycles. The average Bonchev–Trinajstić information content (AvgIpc) is 2.95. The zero-order valence-electron chi connectivity index (χ0n) is 11.7. The van der Waals surface area contributed by atoms with Gasteiger partial charge in [0.2, 0.25) is 0 Å². The van der Waals surface area contributed by atoms with Crippen LogP contribution >= 0.6 is 0 Å². The van der Waals surface area contributed by atoms with Crippen LogP contribution in [0.1, 0.15) is 22.5 Å². The van der Waals surface area contributed by atoms with Crippen LogP contribution < -0.4 is 0 Å². The fourth-order valence-electron chi connectivity index (χ4n) is 2.80. The molecule has 5 heteroatoms. The molecule has 0 bridgehead atoms. The molecule has 1 amide bonds. The molecule has 1 atom stereocenters. The monoisotopic (exact) mass is 284 g/mol. The fraction of sp³-hybridized carbons (Fsp3) is 0.312. The molecular weight excluding hydrogens is 268 g/mol. The van der Waals surface area contributed by atoms with Crippen molar-refractivity contribution in [3.05, 3.63) is 41.6 Å². The van der Waals surface area contributed by atoms with E-state index in [1.165, 1.54) is 0 Å². The van der Waals surface area contributed by atoms with Crippen molar-refractivity contribution in [3.8, 4) is 0 Å². The summed E-state index contributed by atoms with van der Waals surface area (Å²) in [7, 11) is 0. The Morgan fingerprint density at radius 2 is 2.10 bits per heavy atom. The summed E-state index contributed by atoms with van der Waals surface area (Å²) in [5.74, 6) is -1.40. The highest BCUT2D eigenvalue weighted by Gasteiger charge is 2.31. The Labute approximate surface area is 122 Å². The molecule has 0 saturated carbocycles. The molecule has 108 valence electrons. The summed E-state index contributed by atoms with van der Waals surface area (Å²) in [6, 6.07) is 9.29. The SMILES string of the molecule is Cc1cc(C(=O)N2CC[C@H](C(=O)O)C2)c2ccccc2n1. The summed E-state index contributed by atoms with van der Waals surface area (Å²) in [4.78, 5) is 29.8. The van der Waals surface area contributed by atoms with Crippen LogP contribution in [0, 0.1) is 12.8 Å². The fourth-order valence-corrected chi connectivity index (χ4v) is 2.80. The molecule has 21 heavy (non-hydrogen) atoms. The molecule has 5 nitrogen and oxygen atoms in total. The number of nitrogens with zero attached hydrogens (tertiary/aromatic N) is 2. The highest BCUT2D eigenvalue weighted by Crippen LogP contribution is 2.23. The third-order valence-electron chi connectivity index (χ3n) is 3.90. The van der Waals surface area contributed by atoms with Gasteiger partial charge >= 0.3 is 5.97 Å². The molecule has 0 aliphatic carbocycles. The van der Waals surface area contributed by atoms with Gasteiger partial charge in [-0.2, -0.15) is 0 Å². The molecule has 0 spiro atoms. The quantitative estimate of drug-likeness (QED) is 0.916. The lowest BCUT2D eigenvalue weighted by atomic mass is 10.1. The van der Waals surface area contributed by atoms with E-state index >= 15 is 0 Å². The van der Waals surface area contributed by atoms with E-state index in [0.29, 0.717) is 18.5 Å². The maximum Gasteiger partial charge on any atom is 0.308 e. The Morgan fingerprint density at radius 1 is 1.33 bits per heavy atom. The van der Waals surface area contributed by atoms with Crippen molar-refractivity contribution >= 4 is 22.8 Å². The summed E-state index contributed by atoms with van der Waals surface area (Å²) in [5.41, 5.74) is 2.17. The highest BCUT2D eigenvalue weighted by molar-refractivity contribution is 6.06. The Bertz CT molecular complexity index is 727. The van der Waals surface area contributed by atoms with Gasteiger partial charge in [-0.1, -0.05) is 18.2 Å². The van der Waals surface area contributed by atoms with Crippen molar-refractivity contribution in [3.63, 3.8) is 0 Å². The van der Waals surface area contributed by atoms with Crippen LogP contribution in [0.4, 0.5) is 0 Å². The minimum atomic E-state index is -0.832. The third-order valence-corrected chi connectivity index (χ3v) is 3.90. The Balaban J connectivity index is 1.97. The van der Waals surface area contributed by atoms with E-state index in [-0.39, 0.29) is 12.5 Å². The van der Waals surface area contributed by atoms with Crippen LogP contribution in [-0.2, 0) is 4.79 Å². The van der Waals surface area contributed by atoms with Gasteiger partial charge in [-0.3, -0.25) is 14.6 Å². The van der Waals surface area contributed by atoms with Crippen molar-refractivity contribution in [2.75, 3.05) is 13.1 Å². The molecule has 2 heterocycles. The van der Waals surface area contributed by atoms with Gasteiger partial charge in [-0.15, -0.1) is 0 Å². The lowest BCUT2D eigenvalue weighted by molar-refractivity contribution is -0.141. The number of para-hydroxylation sites is 1. The summed E-state index contributed by atoms with van der Waals surface area (Å²) in [6.07, 6.45) is 0.517. The number of pyridine rings is 1. The molecule has 3 rings (SSSR count). The first-order chi connectivity index (χ1) is 10.1. The van der Waals surface area contributed by atoms with Crippen molar-refractivity contribution < 1.29 is 14.7 Å². The van der Waals surface area contributed by atoms with Crippen LogP contribution in [0.15, 0.2) is 30.3 Å². The van der Waals surface area contributed by atoms with Gasteiger partial charge in [0.25, 0.3) is 5.91 Å². The predicted molar refractivity (Wildman–Crippen MR) is 78.1 cm³/mol. The molecule has 0 unspecified atom stereocenters. The average molecular weight is 284 g/mol. The maximum absolute atomic E-state index is 12.7. The molecule has 1 fully saturated rings. The van der Waals surface area contributed by atoms with E-state index in [0.717, 1.165) is 16.6 Å². The van der Waals surface area contributed by atoms with Crippen LogP contribution in [0.5, 0.6) is 0 Å². The van der Waals surface area contributed by atoms with Crippen LogP contribution in [0.25, 0.3) is 10.9 Å². The molecule has 1 aliphatic rings. The standard InChI is InChI=1S/C16H16N2O3/c1-10-8-13(12-4-2-3-5-14(12)17-10)15(19)18-7-6-11(9-18)16(20)21/h2-5,8,11H,6-7,9H2,1H3,(H,20,21)/t11-/m0/s1. The van der Waals surface area contributed by atoms with Gasteiger partial charge < -0.3 is 10.0 Å². The molecule has 1 N–H and O–H groups in total. The van der Waals surface area contributed by atoms with Crippen molar-refractivity contribution in [2.24, 2.45) is 5.92 Å². The van der Waals surface area contributed by atoms with Crippen molar-refractivity contribution in [2.45, 2.75) is 13.3 Å². The first-order valence-corrected chi connectivity index (χ1v) is 6.95. The Morgan fingerprint density at radius 3 is 2.81 bits per heavy atom. The van der Waals surface area contributed by atoms with Crippen molar-refractivity contribution in [1.82, 2.24) is 9.88 Å². The van der Waals surface area contributed by atoms with Crippen LogP contribution in [-0.4, -0.2) is 40.0 Å². The number of hydrogen-bond acceptors (Lipinski definition) is 3. The Hall–Kier alpha value is -2.43. The van der Waals surface area contributed by atoms with Gasteiger partial charge in [0.15, 0.2) is 0 Å². The van der Waals surface area contributed by atoms with E-state index in [4.69, 9.17) is 5.11 Å². The molecule has 1 saturated heterocycles. The van der Waals surface area contributed by atoms with Crippen LogP contribution in [0.3, 0.4) is 0 Å². The number of carboxylic acid groups (broad SMARTS) is 1. The lowest BCUT2D eigenvalue weighted by Gasteiger charge is -2.17. The minimum absolute atomic E-state index is 0.111. The van der Waals surface area contributed by atoms with Crippen molar-refractivity contribution in [1.29, 1.82) is 0 Å². The Kier molecular flexibility index (Phi) is 3.33. The first kappa shape index (κ1) is 13.5. The molecule has 2 aromatic rings. The number of fused-ring (bicyclic) bond motifs is 1. The number of hydrogen-bond donors (Lipinski definition) is 1. The number of benzene rings is 1. The number of likely N-dealkylation sites (tertiary alicyclic amines) is 1. The molecule has 1 aliphatic heterocycles. The zero-order valence-corrected chi connectivity index (χ0v) is 11.7. The molecular formula is C16H16N2O3. The minimum Gasteiger partial charge on any atom is -0.481 e. The number of carbonyl (C=O) groups excluding carboxylic acids is 1. The van der Waals surface area contributed by atoms with E-state index in [1.807, 2.05) is 31.2 Å². The van der Waals surface area contributed by atoms with E-state index < -0.39 is 11.9 Å². The number of carbonyl (C=O) groups is 2. The summed E-state index contributed by atoms with van der Waals surface area (Å²) >= 11 is 0. The largest absolute Gasteiger partial charge is 0.481 e. The number of aromatic nitrogens is 1. The predicted octanol–water partition coefficient (Wildman–Crippen LogP) is 2.09. The maximum atomic E-state index is 12.7. The number of carboxylic acids is 1. The zero-order chi connectivity index (χ0) is 15.0. The molecule has 1 aromatic heterocycles. The number of aryl methyl sites for hydroxylation is 1. The topological polar surface area (TPSA) is 70.5 Å². The second kappa shape index (κ2) is 5.16. The summed E-state index contributed by atoms with van der Waals surface area (Å²) in [6.45, 7) is 2.63. The van der Waals surface area contributed by atoms with Gasteiger partial charge in [0.1, 0.15) is 0 Å². The summed E-state index contributed by atoms with van der Waals surface area (Å²) < 4.78 is 0. The van der Waals surface area contributed by atoms with Gasteiger partial charge in [0, 0.05) is 24.2 Å². The number of rotatable bonds is 2. The third kappa shape index (κ3) is 2.46. The highest BCUT2D eigenvalue weighted by atomic mass is 16.4. The van der Waals surface area contributed by atoms with E-state index in [2.05, 4.69) is 4.98 Å². The van der Waals surface area contributed by atoms with E-state index in [9.17, 15) is 9.59 Å². The first-order valence-electron chi connectivity index (χ1n) is 6.95. The number of aliphatic carboxylic acids is 1. The second-order valence-electron chi connectivity index (χ2n) is 5.40. The van der Waals surface area contributed by atoms with Crippen LogP contribution in [0.2, 0.25) is 0 Å². The lowest BCUT2D eigenvalue weighted by Crippen LogP contribution is -2.30. The van der Waals surface area contributed by atoms with Gasteiger partial charge in [0.05, 0.1) is 17.0 Å². The molecule has 0 radical (unpaired) electrons. The van der Waals surface area contributed by atoms with Gasteiger partial charge in [-0.25, -0.2) is 0 Å². The van der Waals surface area contributed by atoms with Gasteiger partial charge in [-0.05, 0) is 25.5 Å². The smallest absolute Gasteiger partial charge is 0.308 e. The van der Waals surface area contributed by atoms with E-state index in [1.54, 1.807) is 11.0 Å². The normalized spacial score (nSPS) is 18.1. The summed E-state index contributed by atoms with van der Waals surface area (Å²) in [5, 5.41) is 9.86. The number of amides is 1. The second-order valence-corrected chi connectivity index (χ2v) is 5.40.